The molecule has 0 aliphatic rings. The van der Waals surface area contributed by atoms with E-state index in [0.29, 0.717) is 0 Å². The molecule has 3 rings (SSSR count). The van der Waals surface area contributed by atoms with Crippen LogP contribution in [-0.2, 0) is 0 Å². The Labute approximate surface area is 138 Å². The fourth-order valence-electron chi connectivity index (χ4n) is 2.29. The highest BCUT2D eigenvalue weighted by Crippen LogP contribution is 2.37. The van der Waals surface area contributed by atoms with Crippen LogP contribution < -0.4 is 4.74 Å². The third-order valence-electron chi connectivity index (χ3n) is 3.26. The maximum absolute atomic E-state index is 12.6. The summed E-state index contributed by atoms with van der Waals surface area (Å²) in [6, 6.07) is 9.25. The number of hydrogen-bond acceptors (Lipinski definition) is 5. The van der Waals surface area contributed by atoms with Crippen LogP contribution in [0.3, 0.4) is 0 Å². The molecule has 0 spiro atoms. The maximum atomic E-state index is 12.6. The number of ether oxygens (including phenoxy) is 1. The van der Waals surface area contributed by atoms with Gasteiger partial charge in [0.05, 0.1) is 23.0 Å². The summed E-state index contributed by atoms with van der Waals surface area (Å²) in [7, 11) is 0. The van der Waals surface area contributed by atoms with Gasteiger partial charge in [0.1, 0.15) is 5.75 Å². The Bertz CT molecular complexity index is 911. The van der Waals surface area contributed by atoms with Crippen molar-refractivity contribution in [1.82, 2.24) is 15.0 Å². The highest BCUT2D eigenvalue weighted by Gasteiger charge is 2.32. The highest BCUT2D eigenvalue weighted by molar-refractivity contribution is 5.79. The van der Waals surface area contributed by atoms with Crippen LogP contribution in [0.2, 0.25) is 0 Å². The minimum absolute atomic E-state index is 0.111. The second kappa shape index (κ2) is 6.23. The van der Waals surface area contributed by atoms with Crippen LogP contribution >= 0.6 is 0 Å². The van der Waals surface area contributed by atoms with Crippen molar-refractivity contribution in [2.75, 3.05) is 0 Å². The second-order valence-electron chi connectivity index (χ2n) is 4.85. The lowest BCUT2D eigenvalue weighted by Crippen LogP contribution is -2.17. The lowest BCUT2D eigenvalue weighted by molar-refractivity contribution is -0.384. The van der Waals surface area contributed by atoms with Crippen LogP contribution in [0.1, 0.15) is 0 Å². The lowest BCUT2D eigenvalue weighted by Gasteiger charge is -2.15. The standard InChI is InChI=1S/C15H9F3N4O3/c16-15(17,18)25-14-4-2-1-3-12(14)11-6-5-10(22(23)24)9-13(11)21-8-7-19-20-21/h1-9H. The molecule has 0 atom stereocenters. The second-order valence-corrected chi connectivity index (χ2v) is 4.85. The number of alkyl halides is 3. The summed E-state index contributed by atoms with van der Waals surface area (Å²) in [6.45, 7) is 0. The smallest absolute Gasteiger partial charge is 0.405 e. The quantitative estimate of drug-likeness (QED) is 0.529. The SMILES string of the molecule is O=[N+]([O-])c1ccc(-c2ccccc2OC(F)(F)F)c(-n2ccnn2)c1. The number of benzene rings is 2. The zero-order valence-electron chi connectivity index (χ0n) is 12.3. The summed E-state index contributed by atoms with van der Waals surface area (Å²) in [6.07, 6.45) is -2.10. The molecule has 1 heterocycles. The number of hydrogen-bond donors (Lipinski definition) is 0. The molecule has 0 bridgehead atoms. The summed E-state index contributed by atoms with van der Waals surface area (Å²) in [5, 5.41) is 18.4. The van der Waals surface area contributed by atoms with E-state index in [0.717, 1.165) is 6.07 Å². The number of nitro benzene ring substituents is 1. The van der Waals surface area contributed by atoms with E-state index in [1.54, 1.807) is 0 Å². The molecule has 128 valence electrons. The van der Waals surface area contributed by atoms with Crippen molar-refractivity contribution in [2.45, 2.75) is 6.36 Å². The summed E-state index contributed by atoms with van der Waals surface area (Å²) >= 11 is 0. The van der Waals surface area contributed by atoms with Crippen molar-refractivity contribution in [3.63, 3.8) is 0 Å². The van der Waals surface area contributed by atoms with E-state index < -0.39 is 17.0 Å². The van der Waals surface area contributed by atoms with E-state index in [4.69, 9.17) is 0 Å². The summed E-state index contributed by atoms with van der Waals surface area (Å²) < 4.78 is 43.2. The molecule has 7 nitrogen and oxygen atoms in total. The van der Waals surface area contributed by atoms with E-state index in [2.05, 4.69) is 15.0 Å². The number of nitrogens with zero attached hydrogens (tertiary/aromatic N) is 4. The molecule has 0 amide bonds. The zero-order chi connectivity index (χ0) is 18.0. The number of halogens is 3. The van der Waals surface area contributed by atoms with E-state index in [-0.39, 0.29) is 22.5 Å². The van der Waals surface area contributed by atoms with Gasteiger partial charge in [0.2, 0.25) is 0 Å². The Hall–Kier alpha value is -3.43. The summed E-state index contributed by atoms with van der Waals surface area (Å²) in [5.41, 5.74) is 0.351. The van der Waals surface area contributed by atoms with Gasteiger partial charge in [-0.2, -0.15) is 0 Å². The molecule has 3 aromatic rings. The fraction of sp³-hybridized carbons (Fsp3) is 0.0667. The fourth-order valence-corrected chi connectivity index (χ4v) is 2.29. The summed E-state index contributed by atoms with van der Waals surface area (Å²) in [5.74, 6) is -0.426. The van der Waals surface area contributed by atoms with Crippen molar-refractivity contribution in [2.24, 2.45) is 0 Å². The van der Waals surface area contributed by atoms with E-state index in [1.807, 2.05) is 0 Å². The number of para-hydroxylation sites is 1. The van der Waals surface area contributed by atoms with Crippen LogP contribution in [0, 0.1) is 10.1 Å². The van der Waals surface area contributed by atoms with Gasteiger partial charge < -0.3 is 4.74 Å². The Morgan fingerprint density at radius 2 is 1.88 bits per heavy atom. The Morgan fingerprint density at radius 1 is 1.12 bits per heavy atom. The first-order chi connectivity index (χ1) is 11.8. The first-order valence-electron chi connectivity index (χ1n) is 6.85. The van der Waals surface area contributed by atoms with Crippen molar-refractivity contribution in [3.05, 3.63) is 65.0 Å². The van der Waals surface area contributed by atoms with Crippen molar-refractivity contribution in [3.8, 4) is 22.6 Å². The normalized spacial score (nSPS) is 11.3. The van der Waals surface area contributed by atoms with E-state index in [1.165, 1.54) is 53.5 Å². The average molecular weight is 350 g/mol. The van der Waals surface area contributed by atoms with Crippen molar-refractivity contribution in [1.29, 1.82) is 0 Å². The Kier molecular flexibility index (Phi) is 4.09. The van der Waals surface area contributed by atoms with E-state index >= 15 is 0 Å². The molecule has 0 aliphatic carbocycles. The molecule has 2 aromatic carbocycles. The molecule has 10 heteroatoms. The first kappa shape index (κ1) is 16.4. The van der Waals surface area contributed by atoms with Gasteiger partial charge in [-0.15, -0.1) is 18.3 Å². The predicted octanol–water partition coefficient (Wildman–Crippen LogP) is 3.74. The molecule has 0 N–H and O–H groups in total. The summed E-state index contributed by atoms with van der Waals surface area (Å²) in [4.78, 5) is 10.4. The molecule has 25 heavy (non-hydrogen) atoms. The van der Waals surface area contributed by atoms with Crippen LogP contribution in [-0.4, -0.2) is 26.3 Å². The van der Waals surface area contributed by atoms with E-state index in [9.17, 15) is 23.3 Å². The van der Waals surface area contributed by atoms with Gasteiger partial charge in [0, 0.05) is 23.3 Å². The van der Waals surface area contributed by atoms with Crippen molar-refractivity contribution < 1.29 is 22.8 Å². The topological polar surface area (TPSA) is 83.1 Å². The number of aromatic nitrogens is 3. The molecule has 1 aromatic heterocycles. The third kappa shape index (κ3) is 3.57. The van der Waals surface area contributed by atoms with Gasteiger partial charge >= 0.3 is 6.36 Å². The number of rotatable bonds is 4. The third-order valence-corrected chi connectivity index (χ3v) is 3.26. The zero-order valence-corrected chi connectivity index (χ0v) is 12.3. The largest absolute Gasteiger partial charge is 0.573 e. The molecule has 0 fully saturated rings. The lowest BCUT2D eigenvalue weighted by atomic mass is 10.0. The van der Waals surface area contributed by atoms with Gasteiger partial charge in [-0.1, -0.05) is 23.4 Å². The van der Waals surface area contributed by atoms with Crippen LogP contribution in [0.25, 0.3) is 16.8 Å². The molecular weight excluding hydrogens is 341 g/mol. The molecule has 0 radical (unpaired) electrons. The van der Waals surface area contributed by atoms with Gasteiger partial charge in [-0.3, -0.25) is 10.1 Å². The Balaban J connectivity index is 2.20. The molecule has 0 aliphatic heterocycles. The maximum Gasteiger partial charge on any atom is 0.573 e. The van der Waals surface area contributed by atoms with Crippen LogP contribution in [0.15, 0.2) is 54.9 Å². The molecular formula is C15H9F3N4O3. The van der Waals surface area contributed by atoms with Gasteiger partial charge in [-0.25, -0.2) is 4.68 Å². The number of nitro groups is 1. The number of non-ortho nitro benzene ring substituents is 1. The highest BCUT2D eigenvalue weighted by atomic mass is 19.4. The average Bonchev–Trinajstić information content (AvgIpc) is 3.07. The first-order valence-corrected chi connectivity index (χ1v) is 6.85. The monoisotopic (exact) mass is 350 g/mol. The minimum Gasteiger partial charge on any atom is -0.405 e. The van der Waals surface area contributed by atoms with Crippen LogP contribution in [0.4, 0.5) is 18.9 Å². The molecule has 0 unspecified atom stereocenters. The minimum atomic E-state index is -4.87. The van der Waals surface area contributed by atoms with Gasteiger partial charge in [0.25, 0.3) is 5.69 Å². The van der Waals surface area contributed by atoms with Crippen LogP contribution in [0.5, 0.6) is 5.75 Å². The molecule has 0 saturated heterocycles. The van der Waals surface area contributed by atoms with Crippen molar-refractivity contribution >= 4 is 5.69 Å². The molecule has 0 saturated carbocycles. The van der Waals surface area contributed by atoms with Gasteiger partial charge in [0.15, 0.2) is 0 Å². The predicted molar refractivity (Wildman–Crippen MR) is 80.1 cm³/mol. The van der Waals surface area contributed by atoms with Gasteiger partial charge in [-0.05, 0) is 12.1 Å². The Morgan fingerprint density at radius 3 is 2.52 bits per heavy atom.